The number of anilines is 1. The van der Waals surface area contributed by atoms with E-state index in [0.717, 1.165) is 60.1 Å². The summed E-state index contributed by atoms with van der Waals surface area (Å²) in [6.45, 7) is 2.82. The maximum absolute atomic E-state index is 13.1. The lowest BCUT2D eigenvalue weighted by atomic mass is 9.97. The fraction of sp³-hybridized carbons (Fsp3) is 0.273. The summed E-state index contributed by atoms with van der Waals surface area (Å²) in [7, 11) is 0. The van der Waals surface area contributed by atoms with Gasteiger partial charge in [0, 0.05) is 22.0 Å². The van der Waals surface area contributed by atoms with Crippen LogP contribution in [0.3, 0.4) is 0 Å². The van der Waals surface area contributed by atoms with E-state index in [1.807, 2.05) is 24.3 Å². The Bertz CT molecular complexity index is 1290. The quantitative estimate of drug-likeness (QED) is 0.366. The minimum absolute atomic E-state index is 0.206. The van der Waals surface area contributed by atoms with Crippen molar-refractivity contribution in [1.82, 2.24) is 20.3 Å². The lowest BCUT2D eigenvalue weighted by molar-refractivity contribution is 0.390. The van der Waals surface area contributed by atoms with Crippen LogP contribution in [-0.2, 0) is 0 Å². The molecular formula is C22H21Cl2N5O. The van der Waals surface area contributed by atoms with Gasteiger partial charge in [0.05, 0.1) is 22.2 Å². The predicted molar refractivity (Wildman–Crippen MR) is 124 cm³/mol. The van der Waals surface area contributed by atoms with E-state index in [0.29, 0.717) is 27.4 Å². The number of nitrogens with one attached hydrogen (secondary N) is 4. The first kappa shape index (κ1) is 19.4. The molecule has 0 unspecified atom stereocenters. The third kappa shape index (κ3) is 3.67. The van der Waals surface area contributed by atoms with E-state index in [4.69, 9.17) is 23.2 Å². The molecule has 2 aromatic heterocycles. The molecule has 5 rings (SSSR count). The fourth-order valence-electron chi connectivity index (χ4n) is 4.11. The summed E-state index contributed by atoms with van der Waals surface area (Å²) in [4.78, 5) is 24.0. The zero-order valence-corrected chi connectivity index (χ0v) is 17.7. The number of nitrogens with zero attached hydrogens (tertiary/aromatic N) is 1. The van der Waals surface area contributed by atoms with Gasteiger partial charge in [0.2, 0.25) is 0 Å². The predicted octanol–water partition coefficient (Wildman–Crippen LogP) is 4.79. The zero-order valence-electron chi connectivity index (χ0n) is 16.2. The van der Waals surface area contributed by atoms with Crippen molar-refractivity contribution in [2.45, 2.75) is 12.8 Å². The van der Waals surface area contributed by atoms with Gasteiger partial charge in [-0.1, -0.05) is 23.2 Å². The first-order valence-electron chi connectivity index (χ1n) is 10.0. The third-order valence-corrected chi connectivity index (χ3v) is 6.15. The van der Waals surface area contributed by atoms with Gasteiger partial charge in [-0.05, 0) is 68.2 Å². The van der Waals surface area contributed by atoms with Gasteiger partial charge in [-0.25, -0.2) is 4.98 Å². The summed E-state index contributed by atoms with van der Waals surface area (Å²) in [5.74, 6) is 1.05. The number of imidazole rings is 1. The van der Waals surface area contributed by atoms with Crippen LogP contribution in [0.1, 0.15) is 12.8 Å². The molecule has 3 heterocycles. The van der Waals surface area contributed by atoms with Crippen LogP contribution in [0.15, 0.2) is 41.2 Å². The monoisotopic (exact) mass is 441 g/mol. The molecule has 1 aliphatic rings. The van der Waals surface area contributed by atoms with Gasteiger partial charge in [-0.2, -0.15) is 0 Å². The summed E-state index contributed by atoms with van der Waals surface area (Å²) in [6.07, 6.45) is 2.21. The number of fused-ring (bicyclic) bond motifs is 2. The number of benzene rings is 2. The first-order chi connectivity index (χ1) is 14.6. The molecule has 0 bridgehead atoms. The molecule has 1 aliphatic heterocycles. The Hall–Kier alpha value is -2.54. The lowest BCUT2D eigenvalue weighted by Crippen LogP contribution is -2.31. The van der Waals surface area contributed by atoms with Crippen molar-refractivity contribution in [3.63, 3.8) is 0 Å². The van der Waals surface area contributed by atoms with Crippen LogP contribution in [0.5, 0.6) is 0 Å². The van der Waals surface area contributed by atoms with Gasteiger partial charge in [-0.3, -0.25) is 4.79 Å². The van der Waals surface area contributed by atoms with Crippen molar-refractivity contribution in [3.05, 3.63) is 56.8 Å². The van der Waals surface area contributed by atoms with Crippen molar-refractivity contribution in [1.29, 1.82) is 0 Å². The van der Waals surface area contributed by atoms with Gasteiger partial charge in [0.15, 0.2) is 0 Å². The Balaban J connectivity index is 1.66. The van der Waals surface area contributed by atoms with Crippen LogP contribution >= 0.6 is 23.2 Å². The van der Waals surface area contributed by atoms with Crippen LogP contribution < -0.4 is 16.2 Å². The molecule has 8 heteroatoms. The van der Waals surface area contributed by atoms with E-state index in [-0.39, 0.29) is 5.56 Å². The van der Waals surface area contributed by atoms with Crippen molar-refractivity contribution in [2.24, 2.45) is 5.92 Å². The highest BCUT2D eigenvalue weighted by atomic mass is 35.5. The minimum Gasteiger partial charge on any atom is -0.383 e. The van der Waals surface area contributed by atoms with Crippen molar-refractivity contribution >= 4 is 50.8 Å². The second-order valence-electron chi connectivity index (χ2n) is 7.72. The standard InChI is InChI=1S/C22H21Cl2N5O/c23-13-1-3-16-15(9-13)20(26-11-12-5-7-25-8-6-12)19(22(30)29-16)21-27-17-4-2-14(24)10-18(17)28-21/h1-4,9-10,12,25H,5-8,11H2,(H,27,28)(H2,26,29,30). The number of halogens is 2. The number of rotatable bonds is 4. The summed E-state index contributed by atoms with van der Waals surface area (Å²) in [6, 6.07) is 10.9. The van der Waals surface area contributed by atoms with E-state index < -0.39 is 0 Å². The van der Waals surface area contributed by atoms with Crippen LogP contribution in [0.2, 0.25) is 10.0 Å². The highest BCUT2D eigenvalue weighted by Gasteiger charge is 2.20. The van der Waals surface area contributed by atoms with E-state index >= 15 is 0 Å². The van der Waals surface area contributed by atoms with E-state index in [1.54, 1.807) is 12.1 Å². The van der Waals surface area contributed by atoms with E-state index in [9.17, 15) is 4.79 Å². The Labute approximate surface area is 183 Å². The largest absolute Gasteiger partial charge is 0.383 e. The van der Waals surface area contributed by atoms with Crippen molar-refractivity contribution in [2.75, 3.05) is 25.0 Å². The Morgan fingerprint density at radius 3 is 2.60 bits per heavy atom. The third-order valence-electron chi connectivity index (χ3n) is 5.68. The molecule has 0 amide bonds. The zero-order chi connectivity index (χ0) is 20.7. The molecule has 4 N–H and O–H groups in total. The van der Waals surface area contributed by atoms with Crippen LogP contribution in [0.25, 0.3) is 33.3 Å². The number of hydrogen-bond donors (Lipinski definition) is 4. The van der Waals surface area contributed by atoms with Gasteiger partial charge in [0.1, 0.15) is 11.4 Å². The van der Waals surface area contributed by atoms with Crippen LogP contribution in [0, 0.1) is 5.92 Å². The molecule has 0 radical (unpaired) electrons. The Morgan fingerprint density at radius 2 is 1.77 bits per heavy atom. The molecule has 30 heavy (non-hydrogen) atoms. The van der Waals surface area contributed by atoms with Crippen LogP contribution in [-0.4, -0.2) is 34.6 Å². The average molecular weight is 442 g/mol. The second-order valence-corrected chi connectivity index (χ2v) is 8.59. The minimum atomic E-state index is -0.206. The van der Waals surface area contributed by atoms with Gasteiger partial charge in [-0.15, -0.1) is 0 Å². The number of aromatic amines is 2. The number of aromatic nitrogens is 3. The number of hydrogen-bond acceptors (Lipinski definition) is 4. The second kappa shape index (κ2) is 7.95. The molecule has 4 aromatic rings. The molecule has 0 spiro atoms. The molecule has 1 fully saturated rings. The molecule has 1 saturated heterocycles. The van der Waals surface area contributed by atoms with Gasteiger partial charge < -0.3 is 20.6 Å². The topological polar surface area (TPSA) is 85.6 Å². The Morgan fingerprint density at radius 1 is 1.00 bits per heavy atom. The van der Waals surface area contributed by atoms with Crippen molar-refractivity contribution in [3.8, 4) is 11.4 Å². The summed E-state index contributed by atoms with van der Waals surface area (Å²) < 4.78 is 0. The average Bonchev–Trinajstić information content (AvgIpc) is 3.15. The van der Waals surface area contributed by atoms with E-state index in [2.05, 4.69) is 25.6 Å². The summed E-state index contributed by atoms with van der Waals surface area (Å²) in [5, 5.41) is 9.04. The first-order valence-corrected chi connectivity index (χ1v) is 10.8. The van der Waals surface area contributed by atoms with Gasteiger partial charge in [0.25, 0.3) is 5.56 Å². The fourth-order valence-corrected chi connectivity index (χ4v) is 4.45. The summed E-state index contributed by atoms with van der Waals surface area (Å²) in [5.41, 5.74) is 3.30. The Kier molecular flexibility index (Phi) is 5.15. The van der Waals surface area contributed by atoms with Crippen LogP contribution in [0.4, 0.5) is 5.69 Å². The van der Waals surface area contributed by atoms with Crippen molar-refractivity contribution < 1.29 is 0 Å². The lowest BCUT2D eigenvalue weighted by Gasteiger charge is -2.24. The molecule has 154 valence electrons. The SMILES string of the molecule is O=c1[nH]c2ccc(Cl)cc2c(NCC2CCNCC2)c1-c1nc2ccc(Cl)cc2[nH]1. The summed E-state index contributed by atoms with van der Waals surface area (Å²) >= 11 is 12.4. The molecule has 2 aromatic carbocycles. The maximum atomic E-state index is 13.1. The van der Waals surface area contributed by atoms with E-state index in [1.165, 1.54) is 0 Å². The molecule has 6 nitrogen and oxygen atoms in total. The molecule has 0 saturated carbocycles. The normalized spacial score (nSPS) is 15.1. The number of piperidine rings is 1. The molecule has 0 atom stereocenters. The number of pyridine rings is 1. The highest BCUT2D eigenvalue weighted by molar-refractivity contribution is 6.31. The molecule has 0 aliphatic carbocycles. The number of H-pyrrole nitrogens is 2. The maximum Gasteiger partial charge on any atom is 0.261 e. The van der Waals surface area contributed by atoms with Gasteiger partial charge >= 0.3 is 0 Å². The highest BCUT2D eigenvalue weighted by Crippen LogP contribution is 2.33. The smallest absolute Gasteiger partial charge is 0.261 e. The molecular weight excluding hydrogens is 421 g/mol.